The van der Waals surface area contributed by atoms with Crippen LogP contribution in [0.3, 0.4) is 0 Å². The van der Waals surface area contributed by atoms with E-state index < -0.39 is 0 Å². The number of para-hydroxylation sites is 1. The van der Waals surface area contributed by atoms with Gasteiger partial charge in [0.2, 0.25) is 5.89 Å². The lowest BCUT2D eigenvalue weighted by atomic mass is 10.1. The molecule has 0 amide bonds. The van der Waals surface area contributed by atoms with Crippen molar-refractivity contribution in [3.05, 3.63) is 52.9 Å². The largest absolute Gasteiger partial charge is 0.492 e. The molecule has 3 rings (SSSR count). The average Bonchev–Trinajstić information content (AvgIpc) is 2.95. The van der Waals surface area contributed by atoms with Gasteiger partial charge >= 0.3 is 0 Å². The van der Waals surface area contributed by atoms with Crippen LogP contribution in [0.25, 0.3) is 23.3 Å². The van der Waals surface area contributed by atoms with Gasteiger partial charge in [-0.3, -0.25) is 0 Å². The van der Waals surface area contributed by atoms with E-state index in [1.807, 2.05) is 31.2 Å². The molecule has 0 fully saturated rings. The van der Waals surface area contributed by atoms with Gasteiger partial charge in [0.15, 0.2) is 17.1 Å². The highest BCUT2D eigenvalue weighted by molar-refractivity contribution is 6.31. The minimum absolute atomic E-state index is 0.506. The van der Waals surface area contributed by atoms with E-state index >= 15 is 0 Å². The normalized spacial score (nSPS) is 11.3. The van der Waals surface area contributed by atoms with Crippen LogP contribution in [0.2, 0.25) is 5.02 Å². The van der Waals surface area contributed by atoms with Crippen molar-refractivity contribution in [2.45, 2.75) is 6.92 Å². The Morgan fingerprint density at radius 1 is 1.22 bits per heavy atom. The Labute approximate surface area is 139 Å². The van der Waals surface area contributed by atoms with Gasteiger partial charge in [0.1, 0.15) is 5.52 Å². The Bertz CT molecular complexity index is 855. The third kappa shape index (κ3) is 3.32. The fourth-order valence-corrected chi connectivity index (χ4v) is 2.47. The van der Waals surface area contributed by atoms with Gasteiger partial charge in [0.05, 0.1) is 13.7 Å². The molecule has 0 radical (unpaired) electrons. The van der Waals surface area contributed by atoms with Crippen LogP contribution in [0.15, 0.2) is 40.8 Å². The number of nitrogens with zero attached hydrogens (tertiary/aromatic N) is 1. The highest BCUT2D eigenvalue weighted by Crippen LogP contribution is 2.32. The molecule has 1 heterocycles. The van der Waals surface area contributed by atoms with Crippen molar-refractivity contribution in [3.8, 4) is 11.5 Å². The first-order valence-electron chi connectivity index (χ1n) is 7.25. The smallest absolute Gasteiger partial charge is 0.220 e. The molecule has 0 bridgehead atoms. The lowest BCUT2D eigenvalue weighted by Gasteiger charge is -2.11. The van der Waals surface area contributed by atoms with Crippen molar-refractivity contribution in [1.82, 2.24) is 4.98 Å². The third-order valence-electron chi connectivity index (χ3n) is 3.28. The van der Waals surface area contributed by atoms with Gasteiger partial charge in [0.25, 0.3) is 0 Å². The number of oxazole rings is 1. The molecular formula is C18H16ClNO3. The molecular weight excluding hydrogens is 314 g/mol. The lowest BCUT2D eigenvalue weighted by molar-refractivity contribution is 0.310. The van der Waals surface area contributed by atoms with Crippen LogP contribution in [-0.2, 0) is 0 Å². The number of rotatable bonds is 5. The molecule has 0 saturated heterocycles. The van der Waals surface area contributed by atoms with Crippen molar-refractivity contribution in [2.75, 3.05) is 13.7 Å². The topological polar surface area (TPSA) is 44.5 Å². The van der Waals surface area contributed by atoms with Crippen LogP contribution in [-0.4, -0.2) is 18.7 Å². The van der Waals surface area contributed by atoms with Gasteiger partial charge in [0, 0.05) is 16.7 Å². The van der Waals surface area contributed by atoms with Gasteiger partial charge in [-0.25, -0.2) is 4.98 Å². The Morgan fingerprint density at radius 3 is 2.87 bits per heavy atom. The summed E-state index contributed by atoms with van der Waals surface area (Å²) < 4.78 is 16.7. The minimum atomic E-state index is 0.506. The quantitative estimate of drug-likeness (QED) is 0.656. The Balaban J connectivity index is 1.93. The standard InChI is InChI=1S/C18H16ClNO3/c1-3-22-16-6-4-5-12(18(16)21-2)7-10-17-20-14-11-13(19)8-9-15(14)23-17/h4-11H,3H2,1-2H3. The first-order chi connectivity index (χ1) is 11.2. The molecule has 3 aromatic rings. The molecule has 0 spiro atoms. The fraction of sp³-hybridized carbons (Fsp3) is 0.167. The molecule has 23 heavy (non-hydrogen) atoms. The molecule has 0 aliphatic carbocycles. The third-order valence-corrected chi connectivity index (χ3v) is 3.52. The van der Waals surface area contributed by atoms with Crippen LogP contribution in [0, 0.1) is 0 Å². The minimum Gasteiger partial charge on any atom is -0.492 e. The predicted molar refractivity (Wildman–Crippen MR) is 92.1 cm³/mol. The maximum Gasteiger partial charge on any atom is 0.220 e. The Hall–Kier alpha value is -2.46. The van der Waals surface area contributed by atoms with Gasteiger partial charge in [-0.05, 0) is 37.3 Å². The van der Waals surface area contributed by atoms with Gasteiger partial charge in [-0.15, -0.1) is 0 Å². The number of hydrogen-bond donors (Lipinski definition) is 0. The summed E-state index contributed by atoms with van der Waals surface area (Å²) in [4.78, 5) is 4.39. The maximum absolute atomic E-state index is 5.96. The molecule has 0 saturated carbocycles. The summed E-state index contributed by atoms with van der Waals surface area (Å²) >= 11 is 5.96. The van der Waals surface area contributed by atoms with E-state index in [1.54, 1.807) is 31.4 Å². The van der Waals surface area contributed by atoms with Crippen LogP contribution < -0.4 is 9.47 Å². The molecule has 1 aromatic heterocycles. The van der Waals surface area contributed by atoms with E-state index in [-0.39, 0.29) is 0 Å². The Morgan fingerprint density at radius 2 is 2.09 bits per heavy atom. The van der Waals surface area contributed by atoms with Crippen LogP contribution >= 0.6 is 11.6 Å². The Kier molecular flexibility index (Phi) is 4.53. The summed E-state index contributed by atoms with van der Waals surface area (Å²) in [7, 11) is 1.62. The van der Waals surface area contributed by atoms with Gasteiger partial charge < -0.3 is 13.9 Å². The van der Waals surface area contributed by atoms with E-state index in [4.69, 9.17) is 25.5 Å². The molecule has 0 aliphatic rings. The highest BCUT2D eigenvalue weighted by atomic mass is 35.5. The summed E-state index contributed by atoms with van der Waals surface area (Å²) in [5.74, 6) is 1.90. The van der Waals surface area contributed by atoms with Crippen molar-refractivity contribution in [1.29, 1.82) is 0 Å². The summed E-state index contributed by atoms with van der Waals surface area (Å²) in [6.45, 7) is 2.51. The molecule has 0 aliphatic heterocycles. The summed E-state index contributed by atoms with van der Waals surface area (Å²) in [6, 6.07) is 11.1. The van der Waals surface area contributed by atoms with Crippen LogP contribution in [0.4, 0.5) is 0 Å². The summed E-state index contributed by atoms with van der Waals surface area (Å²) in [6.07, 6.45) is 3.68. The van der Waals surface area contributed by atoms with Crippen molar-refractivity contribution < 1.29 is 13.9 Å². The molecule has 0 N–H and O–H groups in total. The van der Waals surface area contributed by atoms with E-state index in [0.29, 0.717) is 34.6 Å². The van der Waals surface area contributed by atoms with E-state index in [1.165, 1.54) is 0 Å². The number of hydrogen-bond acceptors (Lipinski definition) is 4. The number of ether oxygens (including phenoxy) is 2. The first-order valence-corrected chi connectivity index (χ1v) is 7.63. The monoisotopic (exact) mass is 329 g/mol. The average molecular weight is 330 g/mol. The lowest BCUT2D eigenvalue weighted by Crippen LogP contribution is -1.96. The van der Waals surface area contributed by atoms with Crippen LogP contribution in [0.5, 0.6) is 11.5 Å². The molecule has 5 heteroatoms. The van der Waals surface area contributed by atoms with E-state index in [2.05, 4.69) is 4.98 Å². The van der Waals surface area contributed by atoms with Crippen molar-refractivity contribution in [2.24, 2.45) is 0 Å². The number of aromatic nitrogens is 1. The number of benzene rings is 2. The highest BCUT2D eigenvalue weighted by Gasteiger charge is 2.08. The van der Waals surface area contributed by atoms with Crippen LogP contribution in [0.1, 0.15) is 18.4 Å². The molecule has 118 valence electrons. The number of fused-ring (bicyclic) bond motifs is 1. The van der Waals surface area contributed by atoms with E-state index in [0.717, 1.165) is 11.1 Å². The number of methoxy groups -OCH3 is 1. The zero-order chi connectivity index (χ0) is 16.2. The second-order valence-electron chi connectivity index (χ2n) is 4.81. The zero-order valence-electron chi connectivity index (χ0n) is 12.9. The zero-order valence-corrected chi connectivity index (χ0v) is 13.6. The summed E-state index contributed by atoms with van der Waals surface area (Å²) in [5, 5.41) is 0.632. The van der Waals surface area contributed by atoms with Gasteiger partial charge in [-0.1, -0.05) is 23.7 Å². The molecule has 0 unspecified atom stereocenters. The molecule has 0 atom stereocenters. The van der Waals surface area contributed by atoms with E-state index in [9.17, 15) is 0 Å². The van der Waals surface area contributed by atoms with Gasteiger partial charge in [-0.2, -0.15) is 0 Å². The SMILES string of the molecule is CCOc1cccc(C=Cc2nc3cc(Cl)ccc3o2)c1OC. The number of halogens is 1. The molecule has 4 nitrogen and oxygen atoms in total. The second-order valence-corrected chi connectivity index (χ2v) is 5.25. The molecule has 2 aromatic carbocycles. The predicted octanol–water partition coefficient (Wildman–Crippen LogP) is 5.06. The first kappa shape index (κ1) is 15.4. The fourth-order valence-electron chi connectivity index (χ4n) is 2.30. The summed E-state index contributed by atoms with van der Waals surface area (Å²) in [5.41, 5.74) is 2.31. The van der Waals surface area contributed by atoms with Crippen molar-refractivity contribution >= 4 is 34.9 Å². The van der Waals surface area contributed by atoms with Crippen molar-refractivity contribution in [3.63, 3.8) is 0 Å². The maximum atomic E-state index is 5.96. The second kappa shape index (κ2) is 6.75.